The molecule has 0 radical (unpaired) electrons. The molecule has 12 rings (SSSR count). The summed E-state index contributed by atoms with van der Waals surface area (Å²) in [5.41, 5.74) is 11.9. The molecule has 1 amide bonds. The molecule has 4 saturated heterocycles. The van der Waals surface area contributed by atoms with E-state index in [9.17, 15) is 30.2 Å². The van der Waals surface area contributed by atoms with E-state index in [2.05, 4.69) is 120 Å². The molecule has 0 bridgehead atoms. The van der Waals surface area contributed by atoms with Crippen LogP contribution in [0.15, 0.2) is 185 Å². The van der Waals surface area contributed by atoms with Crippen LogP contribution in [0.1, 0.15) is 120 Å². The summed E-state index contributed by atoms with van der Waals surface area (Å²) in [5, 5.41) is 42.8. The number of piperidine rings is 3. The molecule has 2 atom stereocenters. The third-order valence-corrected chi connectivity index (χ3v) is 23.0. The van der Waals surface area contributed by atoms with Gasteiger partial charge in [0, 0.05) is 125 Å². The molecule has 0 saturated carbocycles. The van der Waals surface area contributed by atoms with Gasteiger partial charge in [-0.25, -0.2) is 4.39 Å². The number of nitrogens with one attached hydrogen (secondary N) is 1. The zero-order valence-electron chi connectivity index (χ0n) is 58.4. The highest BCUT2D eigenvalue weighted by molar-refractivity contribution is 8.00. The third kappa shape index (κ3) is 25.4. The molecule has 4 aliphatic heterocycles. The zero-order valence-corrected chi connectivity index (χ0v) is 64.7. The van der Waals surface area contributed by atoms with E-state index in [1.165, 1.54) is 40.2 Å². The van der Waals surface area contributed by atoms with Gasteiger partial charge in [0.2, 0.25) is 5.91 Å². The third-order valence-electron chi connectivity index (χ3n) is 17.8. The van der Waals surface area contributed by atoms with Gasteiger partial charge in [-0.3, -0.25) is 24.4 Å². The molecule has 524 valence electrons. The lowest BCUT2D eigenvalue weighted by atomic mass is 9.91. The van der Waals surface area contributed by atoms with Gasteiger partial charge in [0.15, 0.2) is 0 Å². The van der Waals surface area contributed by atoms with Crippen LogP contribution in [0.2, 0.25) is 20.1 Å². The summed E-state index contributed by atoms with van der Waals surface area (Å²) in [6.45, 7) is 26.2. The van der Waals surface area contributed by atoms with Crippen molar-refractivity contribution in [2.45, 2.75) is 152 Å². The number of piperazine rings is 1. The SMILES string of the molecule is Cc1cc(Cl)cc(Sc2ccc(C#N)cc2CN2CC(C)CC(C)C2)c1.Cc1cc(Cl)cc(Sc2ccc(C#N)cc2CN2CCC(C)CC2)c1.Cc1cc(Cl)cc(Sc2ccc(C#N)cc2CN2CCC(F)CC2)c1.Cc1cc(Cl)cc(Sc2ccc(C#N)cc2CN2CCNC(=O)C2)c1. The van der Waals surface area contributed by atoms with Crippen molar-refractivity contribution < 1.29 is 9.18 Å². The summed E-state index contributed by atoms with van der Waals surface area (Å²) in [4.78, 5) is 30.0. The molecule has 0 aliphatic carbocycles. The van der Waals surface area contributed by atoms with Crippen LogP contribution in [0.4, 0.5) is 4.39 Å². The molecule has 4 heterocycles. The number of hydrogen-bond acceptors (Lipinski definition) is 13. The van der Waals surface area contributed by atoms with Crippen molar-refractivity contribution in [3.05, 3.63) is 232 Å². The molecular formula is C82H86Cl4FN9OS4. The lowest BCUT2D eigenvalue weighted by Gasteiger charge is -2.35. The highest BCUT2D eigenvalue weighted by Gasteiger charge is 2.25. The van der Waals surface area contributed by atoms with E-state index in [-0.39, 0.29) is 5.91 Å². The van der Waals surface area contributed by atoms with Gasteiger partial charge in [0.05, 0.1) is 53.1 Å². The van der Waals surface area contributed by atoms with Crippen molar-refractivity contribution in [2.24, 2.45) is 17.8 Å². The largest absolute Gasteiger partial charge is 0.354 e. The van der Waals surface area contributed by atoms with E-state index in [4.69, 9.17) is 46.4 Å². The normalized spacial score (nSPS) is 16.9. The molecule has 0 spiro atoms. The Balaban J connectivity index is 0.000000157. The van der Waals surface area contributed by atoms with Crippen LogP contribution in [0.25, 0.3) is 0 Å². The second-order valence-corrected chi connectivity index (χ2v) is 33.3. The Kier molecular flexibility index (Phi) is 30.3. The average Bonchev–Trinajstić information content (AvgIpc) is 0.873. The van der Waals surface area contributed by atoms with E-state index in [1.54, 1.807) is 47.0 Å². The summed E-state index contributed by atoms with van der Waals surface area (Å²) in [6, 6.07) is 56.7. The van der Waals surface area contributed by atoms with Gasteiger partial charge in [-0.05, 0) is 281 Å². The Hall–Kier alpha value is -6.48. The van der Waals surface area contributed by atoms with Gasteiger partial charge < -0.3 is 5.32 Å². The molecular weight excluding hydrogens is 1420 g/mol. The maximum absolute atomic E-state index is 13.4. The van der Waals surface area contributed by atoms with Gasteiger partial charge in [-0.1, -0.05) is 114 Å². The number of hydrogen-bond donors (Lipinski definition) is 1. The Labute approximate surface area is 634 Å². The predicted octanol–water partition coefficient (Wildman–Crippen LogP) is 21.3. The lowest BCUT2D eigenvalue weighted by Crippen LogP contribution is -2.47. The van der Waals surface area contributed by atoms with Gasteiger partial charge in [0.25, 0.3) is 0 Å². The maximum Gasteiger partial charge on any atom is 0.234 e. The first-order valence-corrected chi connectivity index (χ1v) is 39.0. The number of halogens is 5. The van der Waals surface area contributed by atoms with Crippen LogP contribution in [-0.4, -0.2) is 90.6 Å². The first-order valence-electron chi connectivity index (χ1n) is 34.3. The molecule has 19 heteroatoms. The van der Waals surface area contributed by atoms with Crippen molar-refractivity contribution in [3.63, 3.8) is 0 Å². The summed E-state index contributed by atoms with van der Waals surface area (Å²) < 4.78 is 13.4. The number of rotatable bonds is 16. The van der Waals surface area contributed by atoms with Crippen molar-refractivity contribution in [1.29, 1.82) is 21.0 Å². The minimum absolute atomic E-state index is 0.0438. The Morgan fingerprint density at radius 2 is 0.723 bits per heavy atom. The fourth-order valence-electron chi connectivity index (χ4n) is 13.0. The van der Waals surface area contributed by atoms with E-state index in [1.807, 2.05) is 123 Å². The van der Waals surface area contributed by atoms with Crippen molar-refractivity contribution in [2.75, 3.05) is 58.9 Å². The fourth-order valence-corrected chi connectivity index (χ4v) is 18.8. The second-order valence-electron chi connectivity index (χ2n) is 27.1. The number of nitrogens with zero attached hydrogens (tertiary/aromatic N) is 8. The smallest absolute Gasteiger partial charge is 0.234 e. The fraction of sp³-hybridized carbons (Fsp3) is 0.354. The quantitative estimate of drug-likeness (QED) is 0.0983. The minimum atomic E-state index is -0.676. The molecule has 4 aliphatic rings. The molecule has 10 nitrogen and oxygen atoms in total. The Bertz CT molecular complexity index is 4140. The van der Waals surface area contributed by atoms with Crippen LogP contribution >= 0.6 is 93.5 Å². The van der Waals surface area contributed by atoms with Gasteiger partial charge >= 0.3 is 0 Å². The monoisotopic (exact) mass is 1500 g/mol. The minimum Gasteiger partial charge on any atom is -0.354 e. The number of carbonyl (C=O) groups is 1. The molecule has 4 fully saturated rings. The Morgan fingerprint density at radius 1 is 0.416 bits per heavy atom. The van der Waals surface area contributed by atoms with E-state index in [0.717, 1.165) is 172 Å². The summed E-state index contributed by atoms with van der Waals surface area (Å²) in [6.07, 6.45) is 4.33. The number of carbonyl (C=O) groups excluding carboxylic acids is 1. The van der Waals surface area contributed by atoms with Crippen LogP contribution in [0.3, 0.4) is 0 Å². The molecule has 0 aromatic heterocycles. The standard InChI is InChI=1S/C22H25ClN2S.C21H23ClN2S.C20H20ClFN2S.C19H18ClN3OS/c1-15-7-20(23)10-21(8-15)26-22-5-4-18(11-24)9-19(22)14-25-12-16(2)6-17(3)13-25;1-15-5-7-24(8-6-15)14-18-11-17(13-23)3-4-21(18)25-20-10-16(2)9-19(22)12-20;1-14-8-17(21)11-19(9-14)25-20-3-2-15(12-23)10-16(20)13-24-6-4-18(22)5-7-24;1-13-6-16(20)9-17(7-13)25-18-3-2-14(10-21)8-15(18)11-23-5-4-22-19(24)12-23/h4-5,7-10,16-17H,6,12-14H2,1-3H3;3-4,9-12,15H,5-8,14H2,1-2H3;2-3,8-11,18H,4-7,13H2,1H3;2-3,6-9H,4-5,11-12H2,1H3,(H,22,24). The second kappa shape index (κ2) is 38.9. The van der Waals surface area contributed by atoms with E-state index in [0.29, 0.717) is 48.6 Å². The summed E-state index contributed by atoms with van der Waals surface area (Å²) in [5.74, 6) is 2.32. The van der Waals surface area contributed by atoms with E-state index < -0.39 is 6.17 Å². The van der Waals surface area contributed by atoms with Gasteiger partial charge in [-0.2, -0.15) is 21.0 Å². The molecule has 8 aromatic carbocycles. The van der Waals surface area contributed by atoms with Crippen LogP contribution in [0, 0.1) is 90.8 Å². The molecule has 8 aromatic rings. The first-order chi connectivity index (χ1) is 48.5. The highest BCUT2D eigenvalue weighted by Crippen LogP contribution is 2.39. The predicted molar refractivity (Wildman–Crippen MR) is 415 cm³/mol. The highest BCUT2D eigenvalue weighted by atomic mass is 35.5. The van der Waals surface area contributed by atoms with Crippen LogP contribution < -0.4 is 5.32 Å². The van der Waals surface area contributed by atoms with Crippen molar-refractivity contribution in [3.8, 4) is 24.3 Å². The molecule has 1 N–H and O–H groups in total. The van der Waals surface area contributed by atoms with Crippen molar-refractivity contribution >= 4 is 99.4 Å². The molecule has 101 heavy (non-hydrogen) atoms. The number of aryl methyl sites for hydroxylation is 4. The topological polar surface area (TPSA) is 137 Å². The van der Waals surface area contributed by atoms with Crippen molar-refractivity contribution in [1.82, 2.24) is 24.9 Å². The number of likely N-dealkylation sites (tertiary alicyclic amines) is 3. The number of alkyl halides is 1. The van der Waals surface area contributed by atoms with Crippen LogP contribution in [-0.2, 0) is 31.0 Å². The summed E-state index contributed by atoms with van der Waals surface area (Å²) >= 11 is 31.5. The average molecular weight is 1500 g/mol. The van der Waals surface area contributed by atoms with E-state index >= 15 is 0 Å². The maximum atomic E-state index is 13.4. The molecule has 2 unspecified atom stereocenters. The van der Waals surface area contributed by atoms with Gasteiger partial charge in [-0.15, -0.1) is 0 Å². The zero-order chi connectivity index (χ0) is 72.1. The number of benzene rings is 8. The summed E-state index contributed by atoms with van der Waals surface area (Å²) in [7, 11) is 0. The first kappa shape index (κ1) is 78.7. The Morgan fingerprint density at radius 3 is 1.03 bits per heavy atom. The van der Waals surface area contributed by atoms with Crippen LogP contribution in [0.5, 0.6) is 0 Å². The number of nitriles is 4. The number of amides is 1. The van der Waals surface area contributed by atoms with Gasteiger partial charge in [0.1, 0.15) is 6.17 Å². The lowest BCUT2D eigenvalue weighted by molar-refractivity contribution is -0.124.